The molecule has 4 nitrogen and oxygen atoms in total. The van der Waals surface area contributed by atoms with E-state index in [4.69, 9.17) is 5.73 Å². The Morgan fingerprint density at radius 1 is 1.67 bits per heavy atom. The average molecular weight is 276 g/mol. The first kappa shape index (κ1) is 12.7. The van der Waals surface area contributed by atoms with Gasteiger partial charge >= 0.3 is 0 Å². The van der Waals surface area contributed by atoms with Gasteiger partial charge in [-0.2, -0.15) is 5.10 Å². The molecule has 0 saturated carbocycles. The van der Waals surface area contributed by atoms with Crippen LogP contribution in [0.1, 0.15) is 38.9 Å². The summed E-state index contributed by atoms with van der Waals surface area (Å²) in [6.45, 7) is 6.16. The standard InChI is InChI=1S/C10H18BrN3O/c1-4-10(15,6-12)9-8(11)5-13-14(9)7(2)3/h5,7,15H,4,6,12H2,1-3H3. The molecule has 1 aromatic rings. The maximum Gasteiger partial charge on any atom is 0.119 e. The van der Waals surface area contributed by atoms with Gasteiger partial charge in [-0.05, 0) is 36.2 Å². The molecular formula is C10H18BrN3O. The Bertz CT molecular complexity index is 331. The lowest BCUT2D eigenvalue weighted by Crippen LogP contribution is -2.37. The molecule has 1 heterocycles. The Kier molecular flexibility index (Phi) is 3.92. The van der Waals surface area contributed by atoms with Crippen LogP contribution in [0.4, 0.5) is 0 Å². The van der Waals surface area contributed by atoms with E-state index in [1.165, 1.54) is 0 Å². The third-order valence-electron chi connectivity index (χ3n) is 2.60. The van der Waals surface area contributed by atoms with Crippen LogP contribution in [0.5, 0.6) is 0 Å². The zero-order valence-corrected chi connectivity index (χ0v) is 11.0. The smallest absolute Gasteiger partial charge is 0.119 e. The Morgan fingerprint density at radius 2 is 2.27 bits per heavy atom. The summed E-state index contributed by atoms with van der Waals surface area (Å²) in [7, 11) is 0. The van der Waals surface area contributed by atoms with Crippen molar-refractivity contribution in [3.8, 4) is 0 Å². The van der Waals surface area contributed by atoms with Gasteiger partial charge in [0.15, 0.2) is 0 Å². The van der Waals surface area contributed by atoms with Crippen molar-refractivity contribution >= 4 is 15.9 Å². The molecule has 1 rings (SSSR count). The van der Waals surface area contributed by atoms with E-state index in [9.17, 15) is 5.11 Å². The maximum atomic E-state index is 10.4. The van der Waals surface area contributed by atoms with Gasteiger partial charge in [0.1, 0.15) is 5.60 Å². The number of hydrogen-bond acceptors (Lipinski definition) is 3. The predicted octanol–water partition coefficient (Wildman–Crippen LogP) is 1.78. The lowest BCUT2D eigenvalue weighted by atomic mass is 9.96. The molecule has 15 heavy (non-hydrogen) atoms. The first-order chi connectivity index (χ1) is 6.96. The summed E-state index contributed by atoms with van der Waals surface area (Å²) in [5, 5.41) is 14.6. The SMILES string of the molecule is CCC(O)(CN)c1c(Br)cnn1C(C)C. The minimum atomic E-state index is -1.00. The Labute approximate surface area is 98.6 Å². The van der Waals surface area contributed by atoms with Crippen molar-refractivity contribution in [2.24, 2.45) is 5.73 Å². The first-order valence-corrected chi connectivity index (χ1v) is 5.91. The third-order valence-corrected chi connectivity index (χ3v) is 3.18. The van der Waals surface area contributed by atoms with Crippen molar-refractivity contribution in [3.05, 3.63) is 16.4 Å². The molecule has 1 unspecified atom stereocenters. The number of aromatic nitrogens is 2. The molecule has 0 aliphatic heterocycles. The van der Waals surface area contributed by atoms with Crippen LogP contribution in [-0.2, 0) is 5.60 Å². The fourth-order valence-corrected chi connectivity index (χ4v) is 2.22. The molecule has 0 aliphatic rings. The molecule has 0 radical (unpaired) electrons. The van der Waals surface area contributed by atoms with Gasteiger partial charge < -0.3 is 10.8 Å². The molecule has 5 heteroatoms. The molecule has 0 fully saturated rings. The van der Waals surface area contributed by atoms with Crippen molar-refractivity contribution < 1.29 is 5.11 Å². The van der Waals surface area contributed by atoms with E-state index in [-0.39, 0.29) is 12.6 Å². The second-order valence-corrected chi connectivity index (χ2v) is 4.82. The second kappa shape index (κ2) is 4.63. The van der Waals surface area contributed by atoms with E-state index in [2.05, 4.69) is 21.0 Å². The van der Waals surface area contributed by atoms with Crippen LogP contribution < -0.4 is 5.73 Å². The number of nitrogens with zero attached hydrogens (tertiary/aromatic N) is 2. The first-order valence-electron chi connectivity index (χ1n) is 5.12. The van der Waals surface area contributed by atoms with Crippen LogP contribution >= 0.6 is 15.9 Å². The van der Waals surface area contributed by atoms with Crippen molar-refractivity contribution in [3.63, 3.8) is 0 Å². The highest BCUT2D eigenvalue weighted by atomic mass is 79.9. The van der Waals surface area contributed by atoms with Gasteiger partial charge in [0.2, 0.25) is 0 Å². The molecule has 0 saturated heterocycles. The third kappa shape index (κ3) is 2.24. The fraction of sp³-hybridized carbons (Fsp3) is 0.700. The van der Waals surface area contributed by atoms with Crippen LogP contribution in [0, 0.1) is 0 Å². The molecule has 0 aromatic carbocycles. The quantitative estimate of drug-likeness (QED) is 0.881. The topological polar surface area (TPSA) is 64.1 Å². The molecule has 1 aromatic heterocycles. The Hall–Kier alpha value is -0.390. The zero-order valence-electron chi connectivity index (χ0n) is 9.37. The molecule has 3 N–H and O–H groups in total. The predicted molar refractivity (Wildman–Crippen MR) is 63.6 cm³/mol. The van der Waals surface area contributed by atoms with Crippen LogP contribution in [0.15, 0.2) is 10.7 Å². The summed E-state index contributed by atoms with van der Waals surface area (Å²) in [5.74, 6) is 0. The lowest BCUT2D eigenvalue weighted by Gasteiger charge is -2.27. The summed E-state index contributed by atoms with van der Waals surface area (Å²) in [6, 6.07) is 0.205. The summed E-state index contributed by atoms with van der Waals surface area (Å²) in [4.78, 5) is 0. The van der Waals surface area contributed by atoms with E-state index < -0.39 is 5.60 Å². The van der Waals surface area contributed by atoms with Crippen LogP contribution in [0.2, 0.25) is 0 Å². The largest absolute Gasteiger partial charge is 0.382 e. The van der Waals surface area contributed by atoms with Gasteiger partial charge in [-0.15, -0.1) is 0 Å². The number of hydrogen-bond donors (Lipinski definition) is 2. The van der Waals surface area contributed by atoms with Gasteiger partial charge in [-0.1, -0.05) is 6.92 Å². The average Bonchev–Trinajstić information content (AvgIpc) is 2.60. The van der Waals surface area contributed by atoms with Crippen molar-refractivity contribution in [1.29, 1.82) is 0 Å². The summed E-state index contributed by atoms with van der Waals surface area (Å²) >= 11 is 3.40. The number of rotatable bonds is 4. The van der Waals surface area contributed by atoms with Crippen LogP contribution in [0.25, 0.3) is 0 Å². The van der Waals surface area contributed by atoms with E-state index in [0.717, 1.165) is 10.2 Å². The fourth-order valence-electron chi connectivity index (χ4n) is 1.58. The summed E-state index contributed by atoms with van der Waals surface area (Å²) in [5.41, 5.74) is 5.40. The molecular weight excluding hydrogens is 258 g/mol. The summed E-state index contributed by atoms with van der Waals surface area (Å²) in [6.07, 6.45) is 2.27. The van der Waals surface area contributed by atoms with E-state index in [1.54, 1.807) is 10.9 Å². The Morgan fingerprint density at radius 3 is 2.67 bits per heavy atom. The molecule has 86 valence electrons. The molecule has 0 aliphatic carbocycles. The van der Waals surface area contributed by atoms with Gasteiger partial charge in [-0.3, -0.25) is 4.68 Å². The number of nitrogens with two attached hydrogens (primary N) is 1. The number of aliphatic hydroxyl groups is 1. The van der Waals surface area contributed by atoms with Gasteiger partial charge in [-0.25, -0.2) is 0 Å². The minimum absolute atomic E-state index is 0.195. The zero-order chi connectivity index (χ0) is 11.6. The normalized spacial score (nSPS) is 15.7. The minimum Gasteiger partial charge on any atom is -0.382 e. The van der Waals surface area contributed by atoms with Crippen LogP contribution in [-0.4, -0.2) is 21.4 Å². The highest BCUT2D eigenvalue weighted by Crippen LogP contribution is 2.31. The van der Waals surface area contributed by atoms with Crippen molar-refractivity contribution in [1.82, 2.24) is 9.78 Å². The van der Waals surface area contributed by atoms with Crippen molar-refractivity contribution in [2.75, 3.05) is 6.54 Å². The van der Waals surface area contributed by atoms with Gasteiger partial charge in [0, 0.05) is 12.6 Å². The Balaban J connectivity index is 3.27. The molecule has 0 bridgehead atoms. The summed E-state index contributed by atoms with van der Waals surface area (Å²) < 4.78 is 2.62. The lowest BCUT2D eigenvalue weighted by molar-refractivity contribution is 0.0306. The van der Waals surface area contributed by atoms with Gasteiger partial charge in [0.05, 0.1) is 16.4 Å². The molecule has 0 amide bonds. The van der Waals surface area contributed by atoms with E-state index in [0.29, 0.717) is 6.42 Å². The van der Waals surface area contributed by atoms with Crippen molar-refractivity contribution in [2.45, 2.75) is 38.8 Å². The maximum absolute atomic E-state index is 10.4. The van der Waals surface area contributed by atoms with Crippen LogP contribution in [0.3, 0.4) is 0 Å². The van der Waals surface area contributed by atoms with E-state index in [1.807, 2.05) is 20.8 Å². The monoisotopic (exact) mass is 275 g/mol. The molecule has 1 atom stereocenters. The number of halogens is 1. The van der Waals surface area contributed by atoms with E-state index >= 15 is 0 Å². The van der Waals surface area contributed by atoms with Gasteiger partial charge in [0.25, 0.3) is 0 Å². The second-order valence-electron chi connectivity index (χ2n) is 3.97. The highest BCUT2D eigenvalue weighted by molar-refractivity contribution is 9.10. The molecule has 0 spiro atoms. The highest BCUT2D eigenvalue weighted by Gasteiger charge is 2.32.